The van der Waals surface area contributed by atoms with Gasteiger partial charge in [-0.1, -0.05) is 37.3 Å². The normalized spacial score (nSPS) is 17.4. The summed E-state index contributed by atoms with van der Waals surface area (Å²) in [6, 6.07) is 9.56. The molecule has 78 valence electrons. The first-order valence-corrected chi connectivity index (χ1v) is 5.02. The van der Waals surface area contributed by atoms with Gasteiger partial charge in [0.05, 0.1) is 12.2 Å². The van der Waals surface area contributed by atoms with Crippen molar-refractivity contribution in [1.82, 2.24) is 0 Å². The van der Waals surface area contributed by atoms with Crippen molar-refractivity contribution in [2.24, 2.45) is 5.92 Å². The van der Waals surface area contributed by atoms with Gasteiger partial charge < -0.3 is 10.2 Å². The molecule has 1 aromatic carbocycles. The molecule has 14 heavy (non-hydrogen) atoms. The van der Waals surface area contributed by atoms with Crippen LogP contribution in [0.1, 0.15) is 31.9 Å². The van der Waals surface area contributed by atoms with Crippen molar-refractivity contribution in [3.05, 3.63) is 35.9 Å². The van der Waals surface area contributed by atoms with Gasteiger partial charge in [0.2, 0.25) is 0 Å². The van der Waals surface area contributed by atoms with E-state index in [1.807, 2.05) is 37.3 Å². The molecule has 0 aromatic heterocycles. The van der Waals surface area contributed by atoms with Crippen LogP contribution in [0.25, 0.3) is 0 Å². The Balaban J connectivity index is 2.61. The van der Waals surface area contributed by atoms with E-state index in [-0.39, 0.29) is 12.0 Å². The molecule has 3 atom stereocenters. The van der Waals surface area contributed by atoms with Crippen LogP contribution >= 0.6 is 0 Å². The second kappa shape index (κ2) is 5.13. The van der Waals surface area contributed by atoms with Crippen LogP contribution in [0.3, 0.4) is 0 Å². The Morgan fingerprint density at radius 1 is 1.07 bits per heavy atom. The summed E-state index contributed by atoms with van der Waals surface area (Å²) in [5.41, 5.74) is 0.917. The molecule has 0 aliphatic heterocycles. The zero-order valence-corrected chi connectivity index (χ0v) is 8.72. The largest absolute Gasteiger partial charge is 0.393 e. The molecule has 0 radical (unpaired) electrons. The van der Waals surface area contributed by atoms with Crippen LogP contribution in [0.4, 0.5) is 0 Å². The van der Waals surface area contributed by atoms with Crippen molar-refractivity contribution in [3.8, 4) is 0 Å². The molecular weight excluding hydrogens is 176 g/mol. The van der Waals surface area contributed by atoms with E-state index in [2.05, 4.69) is 0 Å². The molecule has 0 amide bonds. The Kier molecular flexibility index (Phi) is 4.11. The minimum Gasteiger partial charge on any atom is -0.393 e. The van der Waals surface area contributed by atoms with Gasteiger partial charge >= 0.3 is 0 Å². The Labute approximate surface area is 85.2 Å². The summed E-state index contributed by atoms with van der Waals surface area (Å²) in [7, 11) is 0. The van der Waals surface area contributed by atoms with Crippen LogP contribution < -0.4 is 0 Å². The van der Waals surface area contributed by atoms with E-state index in [1.165, 1.54) is 0 Å². The van der Waals surface area contributed by atoms with E-state index in [9.17, 15) is 10.2 Å². The third-order valence-electron chi connectivity index (χ3n) is 2.39. The SMILES string of the molecule is CC(O)CC(C)C(O)c1ccccc1. The molecule has 0 heterocycles. The van der Waals surface area contributed by atoms with Crippen LogP contribution in [0.15, 0.2) is 30.3 Å². The summed E-state index contributed by atoms with van der Waals surface area (Å²) in [5.74, 6) is 0.0809. The highest BCUT2D eigenvalue weighted by Gasteiger charge is 2.17. The second-order valence-corrected chi connectivity index (χ2v) is 3.92. The van der Waals surface area contributed by atoms with Crippen LogP contribution in [0, 0.1) is 5.92 Å². The average Bonchev–Trinajstić information content (AvgIpc) is 2.17. The summed E-state index contributed by atoms with van der Waals surface area (Å²) in [6.45, 7) is 3.69. The molecule has 0 saturated carbocycles. The lowest BCUT2D eigenvalue weighted by Crippen LogP contribution is -2.14. The van der Waals surface area contributed by atoms with Crippen LogP contribution in [-0.2, 0) is 0 Å². The number of aliphatic hydroxyl groups is 2. The van der Waals surface area contributed by atoms with E-state index in [4.69, 9.17) is 0 Å². The summed E-state index contributed by atoms with van der Waals surface area (Å²) in [4.78, 5) is 0. The quantitative estimate of drug-likeness (QED) is 0.770. The molecule has 0 aliphatic carbocycles. The fraction of sp³-hybridized carbons (Fsp3) is 0.500. The molecule has 1 aromatic rings. The zero-order valence-electron chi connectivity index (χ0n) is 8.72. The molecule has 0 fully saturated rings. The highest BCUT2D eigenvalue weighted by Crippen LogP contribution is 2.24. The molecule has 0 aliphatic rings. The Morgan fingerprint density at radius 2 is 1.64 bits per heavy atom. The maximum atomic E-state index is 9.93. The van der Waals surface area contributed by atoms with Crippen LogP contribution in [0.2, 0.25) is 0 Å². The van der Waals surface area contributed by atoms with E-state index in [1.54, 1.807) is 6.92 Å². The maximum Gasteiger partial charge on any atom is 0.0816 e. The van der Waals surface area contributed by atoms with E-state index in [0.29, 0.717) is 6.42 Å². The standard InChI is InChI=1S/C12H18O2/c1-9(8-10(2)13)12(14)11-6-4-3-5-7-11/h3-7,9-10,12-14H,8H2,1-2H3. The minimum atomic E-state index is -0.481. The predicted molar refractivity (Wildman–Crippen MR) is 56.9 cm³/mol. The molecular formula is C12H18O2. The van der Waals surface area contributed by atoms with Crippen molar-refractivity contribution in [1.29, 1.82) is 0 Å². The minimum absolute atomic E-state index is 0.0809. The monoisotopic (exact) mass is 194 g/mol. The number of aliphatic hydroxyl groups excluding tert-OH is 2. The number of rotatable bonds is 4. The summed E-state index contributed by atoms with van der Waals surface area (Å²) in [5, 5.41) is 19.1. The van der Waals surface area contributed by atoms with Crippen molar-refractivity contribution < 1.29 is 10.2 Å². The van der Waals surface area contributed by atoms with Gasteiger partial charge in [-0.15, -0.1) is 0 Å². The summed E-state index contributed by atoms with van der Waals surface area (Å²) >= 11 is 0. The fourth-order valence-electron chi connectivity index (χ4n) is 1.65. The topological polar surface area (TPSA) is 40.5 Å². The lowest BCUT2D eigenvalue weighted by molar-refractivity contribution is 0.0756. The van der Waals surface area contributed by atoms with E-state index < -0.39 is 6.10 Å². The third kappa shape index (κ3) is 3.13. The predicted octanol–water partition coefficient (Wildman–Crippen LogP) is 2.13. The second-order valence-electron chi connectivity index (χ2n) is 3.92. The van der Waals surface area contributed by atoms with E-state index in [0.717, 1.165) is 5.56 Å². The molecule has 2 N–H and O–H groups in total. The molecule has 3 unspecified atom stereocenters. The number of hydrogen-bond acceptors (Lipinski definition) is 2. The Bertz CT molecular complexity index is 256. The van der Waals surface area contributed by atoms with Gasteiger partial charge in [-0.05, 0) is 24.8 Å². The van der Waals surface area contributed by atoms with Gasteiger partial charge in [0.25, 0.3) is 0 Å². The molecule has 0 saturated heterocycles. The Morgan fingerprint density at radius 3 is 2.14 bits per heavy atom. The molecule has 2 nitrogen and oxygen atoms in total. The zero-order chi connectivity index (χ0) is 10.6. The van der Waals surface area contributed by atoms with E-state index >= 15 is 0 Å². The van der Waals surface area contributed by atoms with Crippen molar-refractivity contribution >= 4 is 0 Å². The fourth-order valence-corrected chi connectivity index (χ4v) is 1.65. The maximum absolute atomic E-state index is 9.93. The van der Waals surface area contributed by atoms with Gasteiger partial charge in [-0.3, -0.25) is 0 Å². The first kappa shape index (κ1) is 11.2. The van der Waals surface area contributed by atoms with Gasteiger partial charge in [-0.25, -0.2) is 0 Å². The van der Waals surface area contributed by atoms with Gasteiger partial charge in [-0.2, -0.15) is 0 Å². The van der Waals surface area contributed by atoms with Crippen molar-refractivity contribution in [3.63, 3.8) is 0 Å². The third-order valence-corrected chi connectivity index (χ3v) is 2.39. The van der Waals surface area contributed by atoms with Crippen molar-refractivity contribution in [2.45, 2.75) is 32.5 Å². The van der Waals surface area contributed by atoms with Gasteiger partial charge in [0.1, 0.15) is 0 Å². The number of benzene rings is 1. The van der Waals surface area contributed by atoms with Crippen LogP contribution in [-0.4, -0.2) is 16.3 Å². The first-order chi connectivity index (χ1) is 6.61. The lowest BCUT2D eigenvalue weighted by Gasteiger charge is -2.20. The summed E-state index contributed by atoms with van der Waals surface area (Å²) in [6.07, 6.45) is -0.218. The Hall–Kier alpha value is -0.860. The van der Waals surface area contributed by atoms with Gasteiger partial charge in [0.15, 0.2) is 0 Å². The molecule has 2 heteroatoms. The smallest absolute Gasteiger partial charge is 0.0816 e. The molecule has 0 bridgehead atoms. The highest BCUT2D eigenvalue weighted by molar-refractivity contribution is 5.17. The average molecular weight is 194 g/mol. The number of hydrogen-bond donors (Lipinski definition) is 2. The molecule has 0 spiro atoms. The lowest BCUT2D eigenvalue weighted by atomic mass is 9.93. The van der Waals surface area contributed by atoms with Crippen LogP contribution in [0.5, 0.6) is 0 Å². The van der Waals surface area contributed by atoms with Gasteiger partial charge in [0, 0.05) is 0 Å². The highest BCUT2D eigenvalue weighted by atomic mass is 16.3. The summed E-state index contributed by atoms with van der Waals surface area (Å²) < 4.78 is 0. The van der Waals surface area contributed by atoms with Crippen molar-refractivity contribution in [2.75, 3.05) is 0 Å². The molecule has 1 rings (SSSR count). The first-order valence-electron chi connectivity index (χ1n) is 5.02.